The van der Waals surface area contributed by atoms with Gasteiger partial charge in [-0.25, -0.2) is 0 Å². The zero-order valence-corrected chi connectivity index (χ0v) is 22.2. The van der Waals surface area contributed by atoms with Crippen LogP contribution in [0.3, 0.4) is 0 Å². The van der Waals surface area contributed by atoms with Crippen molar-refractivity contribution >= 4 is 50.5 Å². The van der Waals surface area contributed by atoms with E-state index in [4.69, 9.17) is 16.3 Å². The number of nitrogens with zero attached hydrogens (tertiary/aromatic N) is 2. The number of hydrogen-bond acceptors (Lipinski definition) is 8. The maximum Gasteiger partial charge on any atom is 0.321 e. The van der Waals surface area contributed by atoms with Crippen LogP contribution in [0.4, 0.5) is 5.69 Å². The molecule has 2 aliphatic rings. The van der Waals surface area contributed by atoms with Crippen molar-refractivity contribution < 1.29 is 33.0 Å². The number of rotatable bonds is 6. The molecule has 37 heavy (non-hydrogen) atoms. The summed E-state index contributed by atoms with van der Waals surface area (Å²) < 4.78 is 34.1. The van der Waals surface area contributed by atoms with E-state index in [2.05, 4.69) is 0 Å². The van der Waals surface area contributed by atoms with Gasteiger partial charge in [0.2, 0.25) is 0 Å². The number of aliphatic hydroxyl groups is 1. The number of carbonyl (C=O) groups excluding carboxylic acids is 1. The molecule has 3 aromatic rings. The summed E-state index contributed by atoms with van der Waals surface area (Å²) in [5, 5.41) is 20.9. The third kappa shape index (κ3) is 3.76. The van der Waals surface area contributed by atoms with E-state index < -0.39 is 39.6 Å². The van der Waals surface area contributed by atoms with Crippen LogP contribution in [0.15, 0.2) is 58.8 Å². The number of β-amino-alcohol motifs (C(OH)–C–C–N with tert-alkyl or cyclic N) is 1. The van der Waals surface area contributed by atoms with Crippen LogP contribution in [-0.2, 0) is 25.2 Å². The Bertz CT molecular complexity index is 1520. The number of anilines is 1. The molecule has 0 saturated carbocycles. The molecule has 194 valence electrons. The number of aliphatic carboxylic acids is 1. The molecule has 5 rings (SSSR count). The van der Waals surface area contributed by atoms with Crippen molar-refractivity contribution in [2.24, 2.45) is 0 Å². The van der Waals surface area contributed by atoms with Crippen molar-refractivity contribution in [2.75, 3.05) is 18.0 Å². The number of carboxylic acid groups (broad SMARTS) is 1. The zero-order chi connectivity index (χ0) is 26.7. The van der Waals surface area contributed by atoms with Gasteiger partial charge in [-0.2, -0.15) is 12.7 Å². The van der Waals surface area contributed by atoms with E-state index in [1.165, 1.54) is 36.3 Å². The summed E-state index contributed by atoms with van der Waals surface area (Å²) in [7, 11) is -2.99. The van der Waals surface area contributed by atoms with E-state index in [1.54, 1.807) is 37.3 Å². The Morgan fingerprint density at radius 1 is 1.16 bits per heavy atom. The number of para-hydroxylation sites is 1. The van der Waals surface area contributed by atoms with Crippen LogP contribution >= 0.6 is 22.9 Å². The Balaban J connectivity index is 1.88. The number of methoxy groups -OCH3 is 1. The fourth-order valence-electron chi connectivity index (χ4n) is 5.28. The molecule has 3 atom stereocenters. The highest BCUT2D eigenvalue weighted by Crippen LogP contribution is 2.55. The summed E-state index contributed by atoms with van der Waals surface area (Å²) in [6, 6.07) is 12.7. The third-order valence-electron chi connectivity index (χ3n) is 6.76. The average molecular weight is 563 g/mol. The second kappa shape index (κ2) is 9.10. The van der Waals surface area contributed by atoms with E-state index in [0.29, 0.717) is 0 Å². The number of fused-ring (bicyclic) bond motifs is 1. The number of carbonyl (C=O) groups is 2. The molecular formula is C25H23ClN2O7S2. The van der Waals surface area contributed by atoms with Gasteiger partial charge in [-0.1, -0.05) is 29.8 Å². The van der Waals surface area contributed by atoms with Gasteiger partial charge in [0.05, 0.1) is 18.9 Å². The number of sulfonamides is 1. The maximum atomic E-state index is 14.7. The van der Waals surface area contributed by atoms with Gasteiger partial charge in [-0.3, -0.25) is 14.5 Å². The molecule has 1 fully saturated rings. The van der Waals surface area contributed by atoms with Crippen molar-refractivity contribution in [1.82, 2.24) is 4.90 Å². The lowest BCUT2D eigenvalue weighted by Crippen LogP contribution is -2.58. The Hall–Kier alpha value is -2.96. The molecule has 12 heteroatoms. The topological polar surface area (TPSA) is 124 Å². The Kier molecular flexibility index (Phi) is 6.32. The van der Waals surface area contributed by atoms with E-state index in [-0.39, 0.29) is 44.8 Å². The molecule has 0 spiro atoms. The SMILES string of the molecule is COc1ccccc1C1(N2C[C@H](O)C[C@H]2C(=O)O)C(=O)N(S(=O)(=O)c2ccc(C)s2)c2ccc(Cl)cc21. The predicted octanol–water partition coefficient (Wildman–Crippen LogP) is 3.22. The lowest BCUT2D eigenvalue weighted by atomic mass is 9.81. The highest BCUT2D eigenvalue weighted by Gasteiger charge is 2.64. The molecule has 2 aromatic carbocycles. The average Bonchev–Trinajstić information content (AvgIpc) is 3.53. The number of aliphatic hydroxyl groups excluding tert-OH is 1. The summed E-state index contributed by atoms with van der Waals surface area (Å²) in [4.78, 5) is 29.2. The Morgan fingerprint density at radius 2 is 1.89 bits per heavy atom. The number of benzene rings is 2. The minimum Gasteiger partial charge on any atom is -0.496 e. The van der Waals surface area contributed by atoms with Gasteiger partial charge in [-0.15, -0.1) is 11.3 Å². The largest absolute Gasteiger partial charge is 0.496 e. The number of thiophene rings is 1. The summed E-state index contributed by atoms with van der Waals surface area (Å²) in [5.74, 6) is -1.91. The highest BCUT2D eigenvalue weighted by atomic mass is 35.5. The van der Waals surface area contributed by atoms with Crippen LogP contribution in [0.1, 0.15) is 22.4 Å². The van der Waals surface area contributed by atoms with Crippen molar-refractivity contribution in [3.63, 3.8) is 0 Å². The molecule has 0 aliphatic carbocycles. The summed E-state index contributed by atoms with van der Waals surface area (Å²) >= 11 is 7.41. The third-order valence-corrected chi connectivity index (χ3v) is 10.2. The van der Waals surface area contributed by atoms with Crippen molar-refractivity contribution in [3.05, 3.63) is 75.6 Å². The molecule has 3 heterocycles. The van der Waals surface area contributed by atoms with Gasteiger partial charge >= 0.3 is 5.97 Å². The smallest absolute Gasteiger partial charge is 0.321 e. The fraction of sp³-hybridized carbons (Fsp3) is 0.280. The second-order valence-electron chi connectivity index (χ2n) is 8.91. The molecule has 1 amide bonds. The van der Waals surface area contributed by atoms with E-state index >= 15 is 0 Å². The minimum atomic E-state index is -4.39. The molecule has 0 bridgehead atoms. The van der Waals surface area contributed by atoms with Crippen LogP contribution in [-0.4, -0.2) is 61.2 Å². The molecule has 1 aromatic heterocycles. The van der Waals surface area contributed by atoms with Crippen LogP contribution in [0.2, 0.25) is 5.02 Å². The molecule has 2 N–H and O–H groups in total. The lowest BCUT2D eigenvalue weighted by molar-refractivity contribution is -0.145. The van der Waals surface area contributed by atoms with Crippen LogP contribution in [0.25, 0.3) is 0 Å². The fourth-order valence-corrected chi connectivity index (χ4v) is 8.27. The van der Waals surface area contributed by atoms with Crippen LogP contribution < -0.4 is 9.04 Å². The standard InChI is InChI=1S/C25H23ClN2O7S2/c1-14-7-10-22(36-14)37(33,34)28-19-9-8-15(26)11-18(19)25(24(28)32,17-5-3-4-6-21(17)35-2)27-13-16(29)12-20(27)23(30)31/h3-11,16,20,29H,12-13H2,1-2H3,(H,30,31)/t16-,20+,25?/m1/s1. The molecule has 0 radical (unpaired) electrons. The normalized spacial score (nSPS) is 23.9. The molecule has 1 saturated heterocycles. The first kappa shape index (κ1) is 25.7. The molecule has 1 unspecified atom stereocenters. The second-order valence-corrected chi connectivity index (χ2v) is 12.6. The highest BCUT2D eigenvalue weighted by molar-refractivity contribution is 7.95. The summed E-state index contributed by atoms with van der Waals surface area (Å²) in [6.45, 7) is 1.56. The number of amides is 1. The minimum absolute atomic E-state index is 0.0358. The first-order valence-electron chi connectivity index (χ1n) is 11.3. The Morgan fingerprint density at radius 3 is 2.54 bits per heavy atom. The van der Waals surface area contributed by atoms with Gasteiger partial charge in [0, 0.05) is 34.0 Å². The van der Waals surface area contributed by atoms with Crippen LogP contribution in [0, 0.1) is 6.92 Å². The number of likely N-dealkylation sites (tertiary alicyclic amines) is 1. The van der Waals surface area contributed by atoms with E-state index in [1.807, 2.05) is 0 Å². The van der Waals surface area contributed by atoms with Gasteiger partial charge < -0.3 is 14.9 Å². The number of aryl methyl sites for hydroxylation is 1. The van der Waals surface area contributed by atoms with Crippen LogP contribution in [0.5, 0.6) is 5.75 Å². The Labute approximate surface area is 222 Å². The van der Waals surface area contributed by atoms with Crippen molar-refractivity contribution in [1.29, 1.82) is 0 Å². The van der Waals surface area contributed by atoms with Gasteiger partial charge in [0.1, 0.15) is 16.0 Å². The lowest BCUT2D eigenvalue weighted by Gasteiger charge is -2.40. The summed E-state index contributed by atoms with van der Waals surface area (Å²) in [5.41, 5.74) is -1.48. The van der Waals surface area contributed by atoms with E-state index in [9.17, 15) is 28.2 Å². The monoisotopic (exact) mass is 562 g/mol. The number of halogens is 1. The first-order chi connectivity index (χ1) is 17.5. The number of ether oxygens (including phenoxy) is 1. The van der Waals surface area contributed by atoms with Gasteiger partial charge in [0.15, 0.2) is 5.54 Å². The first-order valence-corrected chi connectivity index (χ1v) is 13.9. The van der Waals surface area contributed by atoms with Gasteiger partial charge in [0.25, 0.3) is 15.9 Å². The predicted molar refractivity (Wildman–Crippen MR) is 138 cm³/mol. The van der Waals surface area contributed by atoms with Crippen molar-refractivity contribution in [2.45, 2.75) is 35.2 Å². The zero-order valence-electron chi connectivity index (χ0n) is 19.8. The maximum absolute atomic E-state index is 14.7. The quantitative estimate of drug-likeness (QED) is 0.469. The number of hydrogen-bond donors (Lipinski definition) is 2. The molecule has 2 aliphatic heterocycles. The van der Waals surface area contributed by atoms with Crippen molar-refractivity contribution in [3.8, 4) is 5.75 Å². The van der Waals surface area contributed by atoms with Gasteiger partial charge in [-0.05, 0) is 43.3 Å². The number of carboxylic acids is 1. The van der Waals surface area contributed by atoms with E-state index in [0.717, 1.165) is 20.5 Å². The molecule has 9 nitrogen and oxygen atoms in total. The molecular weight excluding hydrogens is 540 g/mol. The summed E-state index contributed by atoms with van der Waals surface area (Å²) in [6.07, 6.45) is -1.21.